The van der Waals surface area contributed by atoms with Gasteiger partial charge in [0.2, 0.25) is 5.60 Å². The molecule has 0 amide bonds. The molecule has 0 heterocycles. The third-order valence-electron chi connectivity index (χ3n) is 2.38. The summed E-state index contributed by atoms with van der Waals surface area (Å²) in [4.78, 5) is 11.1. The Morgan fingerprint density at radius 3 is 2.75 bits per heavy atom. The summed E-state index contributed by atoms with van der Waals surface area (Å²) >= 11 is 0. The highest BCUT2D eigenvalue weighted by Crippen LogP contribution is 2.24. The van der Waals surface area contributed by atoms with Crippen molar-refractivity contribution in [2.75, 3.05) is 5.73 Å². The van der Waals surface area contributed by atoms with Crippen LogP contribution >= 0.6 is 0 Å². The predicted octanol–water partition coefficient (Wildman–Crippen LogP) is 2.29. The second-order valence-corrected chi connectivity index (χ2v) is 3.96. The second kappa shape index (κ2) is 4.88. The highest BCUT2D eigenvalue weighted by atomic mass is 16.5. The first kappa shape index (κ1) is 12.4. The molecule has 1 aromatic carbocycles. The topological polar surface area (TPSA) is 72.5 Å². The van der Waals surface area contributed by atoms with Gasteiger partial charge in [-0.3, -0.25) is 0 Å². The molecule has 0 aliphatic rings. The van der Waals surface area contributed by atoms with Crippen LogP contribution in [0.5, 0.6) is 5.75 Å². The summed E-state index contributed by atoms with van der Waals surface area (Å²) in [5.41, 5.74) is 4.97. The van der Waals surface area contributed by atoms with Gasteiger partial charge in [0.1, 0.15) is 5.75 Å². The normalized spacial score (nSPS) is 14.1. The lowest BCUT2D eigenvalue weighted by atomic mass is 10.0. The van der Waals surface area contributed by atoms with Gasteiger partial charge in [0.25, 0.3) is 0 Å². The van der Waals surface area contributed by atoms with Crippen LogP contribution in [0.15, 0.2) is 24.3 Å². The highest BCUT2D eigenvalue weighted by Gasteiger charge is 2.34. The van der Waals surface area contributed by atoms with Crippen molar-refractivity contribution >= 4 is 11.7 Å². The van der Waals surface area contributed by atoms with Crippen LogP contribution in [0.2, 0.25) is 0 Å². The summed E-state index contributed by atoms with van der Waals surface area (Å²) in [5, 5.41) is 9.14. The molecule has 1 unspecified atom stereocenters. The Labute approximate surface area is 95.0 Å². The number of benzene rings is 1. The van der Waals surface area contributed by atoms with Gasteiger partial charge in [-0.2, -0.15) is 0 Å². The van der Waals surface area contributed by atoms with Gasteiger partial charge in [0.05, 0.1) is 0 Å². The zero-order chi connectivity index (χ0) is 12.2. The third kappa shape index (κ3) is 2.89. The maximum atomic E-state index is 11.1. The van der Waals surface area contributed by atoms with Crippen LogP contribution in [-0.4, -0.2) is 16.7 Å². The Kier molecular flexibility index (Phi) is 3.77. The molecular formula is C12H17NO3. The molecule has 0 aliphatic heterocycles. The van der Waals surface area contributed by atoms with Crippen LogP contribution in [0.1, 0.15) is 26.7 Å². The van der Waals surface area contributed by atoms with Crippen LogP contribution in [-0.2, 0) is 4.79 Å². The van der Waals surface area contributed by atoms with Gasteiger partial charge >= 0.3 is 5.97 Å². The summed E-state index contributed by atoms with van der Waals surface area (Å²) in [6.07, 6.45) is 1.20. The SMILES string of the molecule is CCCC(C)(Oc1cccc(N)c1)C(=O)O. The molecule has 4 heteroatoms. The van der Waals surface area contributed by atoms with Crippen molar-refractivity contribution in [3.05, 3.63) is 24.3 Å². The lowest BCUT2D eigenvalue weighted by Gasteiger charge is -2.25. The first-order valence-electron chi connectivity index (χ1n) is 5.26. The molecule has 0 fully saturated rings. The maximum Gasteiger partial charge on any atom is 0.347 e. The molecular weight excluding hydrogens is 206 g/mol. The van der Waals surface area contributed by atoms with Gasteiger partial charge in [0, 0.05) is 11.8 Å². The highest BCUT2D eigenvalue weighted by molar-refractivity contribution is 5.77. The summed E-state index contributed by atoms with van der Waals surface area (Å²) in [6, 6.07) is 6.79. The summed E-state index contributed by atoms with van der Waals surface area (Å²) in [5.74, 6) is -0.477. The van der Waals surface area contributed by atoms with Crippen LogP contribution in [0, 0.1) is 0 Å². The molecule has 0 spiro atoms. The van der Waals surface area contributed by atoms with Crippen LogP contribution in [0.25, 0.3) is 0 Å². The number of carbonyl (C=O) groups is 1. The number of aliphatic carboxylic acids is 1. The Bertz CT molecular complexity index is 378. The van der Waals surface area contributed by atoms with E-state index in [1.807, 2.05) is 6.92 Å². The first-order valence-corrected chi connectivity index (χ1v) is 5.26. The monoisotopic (exact) mass is 223 g/mol. The average Bonchev–Trinajstić information content (AvgIpc) is 2.17. The maximum absolute atomic E-state index is 11.1. The third-order valence-corrected chi connectivity index (χ3v) is 2.38. The van der Waals surface area contributed by atoms with E-state index in [0.717, 1.165) is 6.42 Å². The van der Waals surface area contributed by atoms with E-state index in [2.05, 4.69) is 0 Å². The lowest BCUT2D eigenvalue weighted by Crippen LogP contribution is -2.41. The van der Waals surface area contributed by atoms with Gasteiger partial charge in [-0.15, -0.1) is 0 Å². The Hall–Kier alpha value is -1.71. The first-order chi connectivity index (χ1) is 7.48. The van der Waals surface area contributed by atoms with Crippen molar-refractivity contribution in [1.82, 2.24) is 0 Å². The summed E-state index contributed by atoms with van der Waals surface area (Å²) in [7, 11) is 0. The Balaban J connectivity index is 2.87. The molecule has 1 atom stereocenters. The predicted molar refractivity (Wildman–Crippen MR) is 62.4 cm³/mol. The number of rotatable bonds is 5. The number of hydrogen-bond acceptors (Lipinski definition) is 3. The molecule has 1 aromatic rings. The molecule has 0 bridgehead atoms. The molecule has 1 rings (SSSR count). The van der Waals surface area contributed by atoms with E-state index < -0.39 is 11.6 Å². The lowest BCUT2D eigenvalue weighted by molar-refractivity contribution is -0.154. The van der Waals surface area contributed by atoms with Gasteiger partial charge in [-0.05, 0) is 25.5 Å². The zero-order valence-corrected chi connectivity index (χ0v) is 9.56. The van der Waals surface area contributed by atoms with Gasteiger partial charge < -0.3 is 15.6 Å². The van der Waals surface area contributed by atoms with Crippen molar-refractivity contribution < 1.29 is 14.6 Å². The second-order valence-electron chi connectivity index (χ2n) is 3.96. The van der Waals surface area contributed by atoms with E-state index in [1.54, 1.807) is 31.2 Å². The number of nitrogen functional groups attached to an aromatic ring is 1. The standard InChI is InChI=1S/C12H17NO3/c1-3-7-12(2,11(14)15)16-10-6-4-5-9(13)8-10/h4-6,8H,3,7,13H2,1-2H3,(H,14,15). The van der Waals surface area contributed by atoms with E-state index in [9.17, 15) is 4.79 Å². The zero-order valence-electron chi connectivity index (χ0n) is 9.56. The van der Waals surface area contributed by atoms with Gasteiger partial charge in [-0.25, -0.2) is 4.79 Å². The Morgan fingerprint density at radius 2 is 2.25 bits per heavy atom. The molecule has 0 aliphatic carbocycles. The fraction of sp³-hybridized carbons (Fsp3) is 0.417. The molecule has 0 saturated carbocycles. The smallest absolute Gasteiger partial charge is 0.347 e. The molecule has 3 N–H and O–H groups in total. The van der Waals surface area contributed by atoms with Crippen molar-refractivity contribution in [3.63, 3.8) is 0 Å². The van der Waals surface area contributed by atoms with E-state index in [-0.39, 0.29) is 0 Å². The van der Waals surface area contributed by atoms with Crippen molar-refractivity contribution in [2.24, 2.45) is 0 Å². The van der Waals surface area contributed by atoms with E-state index in [1.165, 1.54) is 0 Å². The van der Waals surface area contributed by atoms with Gasteiger partial charge in [-0.1, -0.05) is 19.4 Å². The van der Waals surface area contributed by atoms with E-state index in [0.29, 0.717) is 17.9 Å². The van der Waals surface area contributed by atoms with Crippen LogP contribution in [0.3, 0.4) is 0 Å². The van der Waals surface area contributed by atoms with E-state index in [4.69, 9.17) is 15.6 Å². The van der Waals surface area contributed by atoms with Crippen molar-refractivity contribution in [1.29, 1.82) is 0 Å². The fourth-order valence-corrected chi connectivity index (χ4v) is 1.52. The average molecular weight is 223 g/mol. The summed E-state index contributed by atoms with van der Waals surface area (Å²) in [6.45, 7) is 3.49. The number of ether oxygens (including phenoxy) is 1. The molecule has 0 aromatic heterocycles. The van der Waals surface area contributed by atoms with Crippen molar-refractivity contribution in [2.45, 2.75) is 32.3 Å². The van der Waals surface area contributed by atoms with E-state index >= 15 is 0 Å². The number of carboxylic acids is 1. The van der Waals surface area contributed by atoms with Crippen molar-refractivity contribution in [3.8, 4) is 5.75 Å². The number of carboxylic acid groups (broad SMARTS) is 1. The number of hydrogen-bond donors (Lipinski definition) is 2. The number of anilines is 1. The minimum Gasteiger partial charge on any atom is -0.478 e. The molecule has 0 radical (unpaired) electrons. The fourth-order valence-electron chi connectivity index (χ4n) is 1.52. The minimum atomic E-state index is -1.19. The van der Waals surface area contributed by atoms with Crippen LogP contribution < -0.4 is 10.5 Å². The molecule has 4 nitrogen and oxygen atoms in total. The summed E-state index contributed by atoms with van der Waals surface area (Å²) < 4.78 is 5.51. The molecule has 16 heavy (non-hydrogen) atoms. The largest absolute Gasteiger partial charge is 0.478 e. The molecule has 0 saturated heterocycles. The molecule has 88 valence electrons. The minimum absolute atomic E-state index is 0.455. The number of nitrogens with two attached hydrogens (primary N) is 1. The quantitative estimate of drug-likeness (QED) is 0.751. The van der Waals surface area contributed by atoms with Crippen LogP contribution in [0.4, 0.5) is 5.69 Å². The van der Waals surface area contributed by atoms with Gasteiger partial charge in [0.15, 0.2) is 0 Å². The Morgan fingerprint density at radius 1 is 1.56 bits per heavy atom.